The van der Waals surface area contributed by atoms with Gasteiger partial charge in [-0.05, 0) is 0 Å². The van der Waals surface area contributed by atoms with Crippen LogP contribution in [0.1, 0.15) is 0 Å². The van der Waals surface area contributed by atoms with Gasteiger partial charge in [0.2, 0.25) is 0 Å². The first kappa shape index (κ1) is 19.4. The van der Waals surface area contributed by atoms with Crippen molar-refractivity contribution in [1.82, 2.24) is 0 Å². The van der Waals surface area contributed by atoms with Crippen LogP contribution in [0.25, 0.3) is 0 Å². The van der Waals surface area contributed by atoms with Crippen LogP contribution in [0.3, 0.4) is 0 Å². The van der Waals surface area contributed by atoms with Crippen LogP contribution in [0.2, 0.25) is 0 Å². The SMILES string of the molecule is [CH]1=[CH][Ge]([c]2ccccc2)([c]2ccccc2)[CH]=[CH][Ge]1([c]1ccccc1)[c]1ccccc1. The van der Waals surface area contributed by atoms with Gasteiger partial charge in [0.25, 0.3) is 0 Å². The second-order valence-corrected chi connectivity index (χ2v) is 22.8. The Morgan fingerprint density at radius 2 is 0.467 bits per heavy atom. The van der Waals surface area contributed by atoms with Crippen molar-refractivity contribution in [2.24, 2.45) is 0 Å². The first-order valence-corrected chi connectivity index (χ1v) is 19.5. The monoisotopic (exact) mass is 508 g/mol. The Morgan fingerprint density at radius 3 is 0.667 bits per heavy atom. The first-order valence-electron chi connectivity index (χ1n) is 10.5. The molecule has 0 nitrogen and oxygen atoms in total. The van der Waals surface area contributed by atoms with Crippen LogP contribution < -0.4 is 17.6 Å². The molecule has 0 bridgehead atoms. The van der Waals surface area contributed by atoms with E-state index in [1.165, 1.54) is 17.6 Å². The van der Waals surface area contributed by atoms with E-state index in [1.54, 1.807) is 0 Å². The Morgan fingerprint density at radius 1 is 0.267 bits per heavy atom. The Bertz CT molecular complexity index is 973. The van der Waals surface area contributed by atoms with E-state index in [1.807, 2.05) is 0 Å². The zero-order valence-corrected chi connectivity index (χ0v) is 21.1. The molecule has 0 radical (unpaired) electrons. The Balaban J connectivity index is 1.72. The van der Waals surface area contributed by atoms with E-state index in [4.69, 9.17) is 0 Å². The average molecular weight is 506 g/mol. The summed E-state index contributed by atoms with van der Waals surface area (Å²) in [4.78, 5) is 10.6. The van der Waals surface area contributed by atoms with Crippen LogP contribution >= 0.6 is 0 Å². The summed E-state index contributed by atoms with van der Waals surface area (Å²) in [5.41, 5.74) is 0. The summed E-state index contributed by atoms with van der Waals surface area (Å²) in [5.74, 6) is 0. The van der Waals surface area contributed by atoms with Crippen molar-refractivity contribution < 1.29 is 0 Å². The predicted octanol–water partition coefficient (Wildman–Crippen LogP) is 3.80. The Kier molecular flexibility index (Phi) is 5.36. The van der Waals surface area contributed by atoms with Gasteiger partial charge in [0.15, 0.2) is 0 Å². The number of benzene rings is 4. The van der Waals surface area contributed by atoms with Crippen molar-refractivity contribution in [1.29, 1.82) is 0 Å². The third-order valence-corrected chi connectivity index (χ3v) is 25.8. The molecule has 1 aliphatic rings. The van der Waals surface area contributed by atoms with Gasteiger partial charge in [-0.2, -0.15) is 0 Å². The molecular weight excluding hydrogens is 482 g/mol. The molecule has 0 aliphatic carbocycles. The van der Waals surface area contributed by atoms with Gasteiger partial charge in [-0.15, -0.1) is 0 Å². The summed E-state index contributed by atoms with van der Waals surface area (Å²) < 4.78 is 5.98. The fourth-order valence-electron chi connectivity index (χ4n) is 4.60. The van der Waals surface area contributed by atoms with Gasteiger partial charge in [-0.25, -0.2) is 0 Å². The summed E-state index contributed by atoms with van der Waals surface area (Å²) in [7, 11) is 0. The van der Waals surface area contributed by atoms with Crippen LogP contribution in [-0.4, -0.2) is 26.5 Å². The average Bonchev–Trinajstić information content (AvgIpc) is 2.86. The zero-order valence-electron chi connectivity index (χ0n) is 16.9. The molecule has 0 saturated carbocycles. The van der Waals surface area contributed by atoms with Crippen LogP contribution in [0, 0.1) is 0 Å². The molecule has 0 spiro atoms. The summed E-state index contributed by atoms with van der Waals surface area (Å²) >= 11 is -5.52. The zero-order chi connectivity index (χ0) is 20.3. The van der Waals surface area contributed by atoms with Crippen molar-refractivity contribution in [3.05, 3.63) is 141 Å². The molecule has 2 heteroatoms. The molecule has 4 aromatic rings. The van der Waals surface area contributed by atoms with E-state index in [2.05, 4.69) is 141 Å². The van der Waals surface area contributed by atoms with Crippen molar-refractivity contribution in [2.75, 3.05) is 0 Å². The van der Waals surface area contributed by atoms with Crippen molar-refractivity contribution in [3.63, 3.8) is 0 Å². The molecule has 5 rings (SSSR count). The molecule has 0 fully saturated rings. The maximum absolute atomic E-state index is 2.76. The second-order valence-electron chi connectivity index (χ2n) is 7.87. The van der Waals surface area contributed by atoms with Gasteiger partial charge in [0.1, 0.15) is 0 Å². The molecular formula is C28H24Ge2. The molecule has 0 atom stereocenters. The first-order chi connectivity index (χ1) is 14.8. The summed E-state index contributed by atoms with van der Waals surface area (Å²) in [6.45, 7) is 0. The van der Waals surface area contributed by atoms with E-state index in [0.29, 0.717) is 0 Å². The molecule has 0 N–H and O–H groups in total. The van der Waals surface area contributed by atoms with E-state index < -0.39 is 26.5 Å². The normalized spacial score (nSPS) is 16.3. The molecule has 30 heavy (non-hydrogen) atoms. The predicted molar refractivity (Wildman–Crippen MR) is 134 cm³/mol. The standard InChI is InChI=1S/C28H24Ge2/c1-5-13-25(14-6-1)29(26-15-7-2-8-16-26)21-23-30(24-22-29,27-17-9-3-10-18-27)28-19-11-4-12-20-28/h1-24H. The van der Waals surface area contributed by atoms with Gasteiger partial charge in [-0.3, -0.25) is 0 Å². The number of hydrogen-bond donors (Lipinski definition) is 0. The fraction of sp³-hybridized carbons (Fsp3) is 0. The van der Waals surface area contributed by atoms with Crippen LogP contribution in [0.15, 0.2) is 141 Å². The molecule has 0 unspecified atom stereocenters. The topological polar surface area (TPSA) is 0 Å². The number of rotatable bonds is 4. The molecule has 0 amide bonds. The van der Waals surface area contributed by atoms with E-state index in [-0.39, 0.29) is 0 Å². The fourth-order valence-corrected chi connectivity index (χ4v) is 29.6. The summed E-state index contributed by atoms with van der Waals surface area (Å²) in [6, 6.07) is 44.6. The quantitative estimate of drug-likeness (QED) is 0.370. The van der Waals surface area contributed by atoms with Crippen molar-refractivity contribution in [3.8, 4) is 0 Å². The van der Waals surface area contributed by atoms with Gasteiger partial charge in [-0.1, -0.05) is 0 Å². The van der Waals surface area contributed by atoms with E-state index in [0.717, 1.165) is 0 Å². The van der Waals surface area contributed by atoms with Crippen molar-refractivity contribution in [2.45, 2.75) is 0 Å². The third kappa shape index (κ3) is 3.34. The Hall–Kier alpha value is -2.55. The van der Waals surface area contributed by atoms with Crippen molar-refractivity contribution >= 4 is 44.1 Å². The van der Waals surface area contributed by atoms with Gasteiger partial charge < -0.3 is 0 Å². The van der Waals surface area contributed by atoms with Gasteiger partial charge >= 0.3 is 185 Å². The third-order valence-electron chi connectivity index (χ3n) is 6.22. The maximum atomic E-state index is 2.66. The molecule has 1 aliphatic heterocycles. The minimum atomic E-state index is -2.76. The summed E-state index contributed by atoms with van der Waals surface area (Å²) in [5, 5.41) is 0. The van der Waals surface area contributed by atoms with Gasteiger partial charge in [0, 0.05) is 0 Å². The van der Waals surface area contributed by atoms with Crippen LogP contribution in [0.4, 0.5) is 0 Å². The van der Waals surface area contributed by atoms with E-state index >= 15 is 0 Å². The molecule has 1 heterocycles. The Labute approximate surface area is 184 Å². The van der Waals surface area contributed by atoms with Crippen LogP contribution in [0.5, 0.6) is 0 Å². The molecule has 0 saturated heterocycles. The molecule has 4 aromatic carbocycles. The summed E-state index contributed by atoms with van der Waals surface area (Å²) in [6.07, 6.45) is 0. The van der Waals surface area contributed by atoms with E-state index in [9.17, 15) is 0 Å². The van der Waals surface area contributed by atoms with Gasteiger partial charge in [0.05, 0.1) is 0 Å². The van der Waals surface area contributed by atoms with Crippen LogP contribution in [-0.2, 0) is 0 Å². The molecule has 0 aromatic heterocycles. The second kappa shape index (κ2) is 8.29. The number of hydrogen-bond acceptors (Lipinski definition) is 0. The molecule has 144 valence electrons. The minimum absolute atomic E-state index is 1.49.